The maximum absolute atomic E-state index is 14.8. The van der Waals surface area contributed by atoms with Crippen LogP contribution in [0.15, 0.2) is 12.1 Å². The monoisotopic (exact) mass is 420 g/mol. The lowest BCUT2D eigenvalue weighted by Gasteiger charge is -2.38. The average molecular weight is 421 g/mol. The fourth-order valence-corrected chi connectivity index (χ4v) is 5.83. The summed E-state index contributed by atoms with van der Waals surface area (Å²) in [6.45, 7) is 4.96. The van der Waals surface area contributed by atoms with Crippen molar-refractivity contribution in [2.45, 2.75) is 110 Å². The minimum Gasteiger partial charge on any atom is -0.490 e. The Morgan fingerprint density at radius 1 is 0.767 bits per heavy atom. The van der Waals surface area contributed by atoms with E-state index in [2.05, 4.69) is 13.8 Å². The molecule has 1 aromatic carbocycles. The zero-order valence-electron chi connectivity index (χ0n) is 19.2. The highest BCUT2D eigenvalue weighted by Crippen LogP contribution is 2.45. The van der Waals surface area contributed by atoms with E-state index in [1.807, 2.05) is 0 Å². The van der Waals surface area contributed by atoms with E-state index in [-0.39, 0.29) is 11.7 Å². The molecule has 0 atom stereocenters. The van der Waals surface area contributed by atoms with Crippen LogP contribution in [0, 0.1) is 29.4 Å². The molecule has 0 N–H and O–H groups in total. The van der Waals surface area contributed by atoms with Gasteiger partial charge in [-0.25, -0.2) is 4.39 Å². The zero-order valence-corrected chi connectivity index (χ0v) is 19.2. The topological polar surface area (TPSA) is 9.23 Å². The van der Waals surface area contributed by atoms with E-state index in [1.54, 1.807) is 12.1 Å². The average Bonchev–Trinajstić information content (AvgIpc) is 2.79. The lowest BCUT2D eigenvalue weighted by atomic mass is 9.68. The van der Waals surface area contributed by atoms with Crippen LogP contribution in [0.3, 0.4) is 0 Å². The summed E-state index contributed by atoms with van der Waals surface area (Å²) in [5.74, 6) is 1.36. The van der Waals surface area contributed by atoms with Gasteiger partial charge >= 0.3 is 0 Å². The van der Waals surface area contributed by atoms with E-state index in [4.69, 9.17) is 4.74 Å². The molecule has 2 saturated carbocycles. The van der Waals surface area contributed by atoms with Crippen molar-refractivity contribution in [3.8, 4) is 5.75 Å². The molecule has 1 aromatic rings. The highest BCUT2D eigenvalue weighted by Gasteiger charge is 2.32. The van der Waals surface area contributed by atoms with Gasteiger partial charge < -0.3 is 4.74 Å². The summed E-state index contributed by atoms with van der Waals surface area (Å²) in [5, 5.41) is 0. The summed E-state index contributed by atoms with van der Waals surface area (Å²) in [4.78, 5) is 0. The van der Waals surface area contributed by atoms with E-state index in [0.717, 1.165) is 43.4 Å². The summed E-state index contributed by atoms with van der Waals surface area (Å²) < 4.78 is 34.9. The molecule has 3 heteroatoms. The van der Waals surface area contributed by atoms with E-state index in [9.17, 15) is 8.78 Å². The Bertz CT molecular complexity index is 628. The van der Waals surface area contributed by atoms with Crippen LogP contribution in [-0.4, -0.2) is 6.61 Å². The van der Waals surface area contributed by atoms with Gasteiger partial charge in [0.25, 0.3) is 0 Å². The number of rotatable bonds is 10. The fourth-order valence-electron chi connectivity index (χ4n) is 5.83. The van der Waals surface area contributed by atoms with Crippen molar-refractivity contribution in [3.63, 3.8) is 0 Å². The van der Waals surface area contributed by atoms with E-state index < -0.39 is 11.6 Å². The third-order valence-corrected chi connectivity index (χ3v) is 7.93. The van der Waals surface area contributed by atoms with Crippen LogP contribution in [0.25, 0.3) is 0 Å². The molecule has 0 unspecified atom stereocenters. The molecule has 170 valence electrons. The van der Waals surface area contributed by atoms with Crippen molar-refractivity contribution in [2.24, 2.45) is 17.8 Å². The Kier molecular flexibility index (Phi) is 9.46. The highest BCUT2D eigenvalue weighted by atomic mass is 19.2. The highest BCUT2D eigenvalue weighted by molar-refractivity contribution is 5.33. The zero-order chi connectivity index (χ0) is 21.3. The van der Waals surface area contributed by atoms with Crippen molar-refractivity contribution in [1.29, 1.82) is 0 Å². The molecule has 0 spiro atoms. The molecule has 0 aromatic heterocycles. The lowest BCUT2D eigenvalue weighted by Crippen LogP contribution is -2.25. The predicted octanol–water partition coefficient (Wildman–Crippen LogP) is 8.80. The summed E-state index contributed by atoms with van der Waals surface area (Å²) >= 11 is 0. The molecule has 0 radical (unpaired) electrons. The third-order valence-electron chi connectivity index (χ3n) is 7.93. The lowest BCUT2D eigenvalue weighted by molar-refractivity contribution is 0.158. The summed E-state index contributed by atoms with van der Waals surface area (Å²) in [6, 6.07) is 3.43. The first kappa shape index (κ1) is 23.5. The van der Waals surface area contributed by atoms with Gasteiger partial charge in [0.15, 0.2) is 11.6 Å². The van der Waals surface area contributed by atoms with Crippen LogP contribution < -0.4 is 4.74 Å². The minimum atomic E-state index is -0.791. The number of ether oxygens (including phenoxy) is 1. The van der Waals surface area contributed by atoms with Crippen LogP contribution in [0.4, 0.5) is 8.78 Å². The molecule has 3 rings (SSSR count). The van der Waals surface area contributed by atoms with Gasteiger partial charge in [-0.15, -0.1) is 0 Å². The second-order valence-corrected chi connectivity index (χ2v) is 9.84. The fraction of sp³-hybridized carbons (Fsp3) is 0.778. The molecule has 0 bridgehead atoms. The van der Waals surface area contributed by atoms with Crippen molar-refractivity contribution in [1.82, 2.24) is 0 Å². The first-order valence-corrected chi connectivity index (χ1v) is 12.7. The molecule has 0 amide bonds. The van der Waals surface area contributed by atoms with Gasteiger partial charge in [0.05, 0.1) is 6.61 Å². The Morgan fingerprint density at radius 3 is 2.03 bits per heavy atom. The number of benzene rings is 1. The summed E-state index contributed by atoms with van der Waals surface area (Å²) in [7, 11) is 0. The Morgan fingerprint density at radius 2 is 1.40 bits per heavy atom. The van der Waals surface area contributed by atoms with Gasteiger partial charge in [-0.05, 0) is 80.2 Å². The maximum atomic E-state index is 14.8. The maximum Gasteiger partial charge on any atom is 0.200 e. The van der Waals surface area contributed by atoms with Crippen molar-refractivity contribution < 1.29 is 13.5 Å². The molecular weight excluding hydrogens is 378 g/mol. The number of unbranched alkanes of at least 4 members (excludes halogenated alkanes) is 4. The minimum absolute atomic E-state index is 0.0770. The third kappa shape index (κ3) is 6.20. The second kappa shape index (κ2) is 12.1. The van der Waals surface area contributed by atoms with Crippen LogP contribution in [0.5, 0.6) is 5.75 Å². The van der Waals surface area contributed by atoms with Gasteiger partial charge in [0, 0.05) is 0 Å². The van der Waals surface area contributed by atoms with Gasteiger partial charge in [-0.1, -0.05) is 64.9 Å². The largest absolute Gasteiger partial charge is 0.490 e. The molecule has 2 fully saturated rings. The van der Waals surface area contributed by atoms with Crippen LogP contribution in [-0.2, 0) is 0 Å². The normalized spacial score (nSPS) is 27.2. The van der Waals surface area contributed by atoms with E-state index in [1.165, 1.54) is 64.2 Å². The smallest absolute Gasteiger partial charge is 0.200 e. The molecule has 2 aliphatic carbocycles. The quantitative estimate of drug-likeness (QED) is 0.344. The number of halogens is 2. The van der Waals surface area contributed by atoms with Gasteiger partial charge in [-0.2, -0.15) is 4.39 Å². The Labute approximate surface area is 183 Å². The molecular formula is C27H42F2O. The molecule has 0 aliphatic heterocycles. The second-order valence-electron chi connectivity index (χ2n) is 9.84. The van der Waals surface area contributed by atoms with Crippen molar-refractivity contribution >= 4 is 0 Å². The molecule has 0 saturated heterocycles. The summed E-state index contributed by atoms with van der Waals surface area (Å²) in [6.07, 6.45) is 16.8. The molecule has 30 heavy (non-hydrogen) atoms. The first-order chi connectivity index (χ1) is 14.6. The van der Waals surface area contributed by atoms with Crippen molar-refractivity contribution in [2.75, 3.05) is 6.61 Å². The van der Waals surface area contributed by atoms with Gasteiger partial charge in [0.1, 0.15) is 0 Å². The van der Waals surface area contributed by atoms with E-state index >= 15 is 0 Å². The van der Waals surface area contributed by atoms with Gasteiger partial charge in [-0.3, -0.25) is 0 Å². The Balaban J connectivity index is 1.48. The van der Waals surface area contributed by atoms with Crippen molar-refractivity contribution in [3.05, 3.63) is 29.3 Å². The van der Waals surface area contributed by atoms with Crippen LogP contribution in [0.2, 0.25) is 0 Å². The molecule has 2 aliphatic rings. The van der Waals surface area contributed by atoms with Gasteiger partial charge in [0.2, 0.25) is 5.82 Å². The predicted molar refractivity (Wildman–Crippen MR) is 121 cm³/mol. The van der Waals surface area contributed by atoms with Crippen LogP contribution in [0.1, 0.15) is 115 Å². The SMILES string of the molecule is CCCCCCCOc1ccc(C2CCC(C3CCC(CC)CC3)CC2)c(F)c1F. The first-order valence-electron chi connectivity index (χ1n) is 12.7. The number of hydrogen-bond acceptors (Lipinski definition) is 1. The molecule has 1 nitrogen and oxygen atoms in total. The number of hydrogen-bond donors (Lipinski definition) is 0. The standard InChI is InChI=1S/C27H42F2O/c1-3-5-6-7-8-19-30-25-18-17-24(26(28)27(25)29)23-15-13-22(14-16-23)21-11-9-20(4-2)10-12-21/h17-18,20-23H,3-16,19H2,1-2H3. The Hall–Kier alpha value is -1.12. The molecule has 0 heterocycles. The van der Waals surface area contributed by atoms with E-state index in [0.29, 0.717) is 12.2 Å². The summed E-state index contributed by atoms with van der Waals surface area (Å²) in [5.41, 5.74) is 0.566. The van der Waals surface area contributed by atoms with Crippen LogP contribution >= 0.6 is 0 Å².